The molecule has 88 valence electrons. The molecule has 0 bridgehead atoms. The number of carbonyl (C=O) groups is 1. The van der Waals surface area contributed by atoms with Gasteiger partial charge in [0.15, 0.2) is 5.82 Å². The quantitative estimate of drug-likeness (QED) is 0.831. The largest absolute Gasteiger partial charge is 0.322 e. The topological polar surface area (TPSA) is 29.1 Å². The minimum absolute atomic E-state index is 0.163. The Labute approximate surface area is 102 Å². The van der Waals surface area contributed by atoms with Crippen LogP contribution in [0.2, 0.25) is 5.02 Å². The molecule has 0 spiro atoms. The summed E-state index contributed by atoms with van der Waals surface area (Å²) in [6.07, 6.45) is 0.643. The van der Waals surface area contributed by atoms with E-state index in [-0.39, 0.29) is 17.1 Å². The van der Waals surface area contributed by atoms with Crippen molar-refractivity contribution in [1.82, 2.24) is 0 Å². The Kier molecular flexibility index (Phi) is 4.96. The van der Waals surface area contributed by atoms with Gasteiger partial charge in [-0.1, -0.05) is 11.6 Å². The molecule has 0 aliphatic rings. The second-order valence-electron chi connectivity index (χ2n) is 3.09. The number of nitrogens with one attached hydrogen (secondary N) is 1. The van der Waals surface area contributed by atoms with Crippen LogP contribution in [0.15, 0.2) is 12.1 Å². The van der Waals surface area contributed by atoms with Crippen LogP contribution in [0.1, 0.15) is 12.8 Å². The van der Waals surface area contributed by atoms with Gasteiger partial charge >= 0.3 is 0 Å². The molecule has 6 heteroatoms. The van der Waals surface area contributed by atoms with Crippen LogP contribution in [0.4, 0.5) is 14.5 Å². The number of carbonyl (C=O) groups excluding carboxylic acids is 1. The number of anilines is 1. The number of benzene rings is 1. The molecular formula is C10H9Cl2F2NO. The maximum absolute atomic E-state index is 13.2. The van der Waals surface area contributed by atoms with Gasteiger partial charge in [-0.05, 0) is 12.5 Å². The summed E-state index contributed by atoms with van der Waals surface area (Å²) in [7, 11) is 0. The lowest BCUT2D eigenvalue weighted by Gasteiger charge is -2.08. The van der Waals surface area contributed by atoms with Crippen LogP contribution in [0.5, 0.6) is 0 Å². The smallest absolute Gasteiger partial charge is 0.224 e. The van der Waals surface area contributed by atoms with Crippen LogP contribution in [0.3, 0.4) is 0 Å². The molecule has 0 heterocycles. The van der Waals surface area contributed by atoms with E-state index in [2.05, 4.69) is 5.32 Å². The molecule has 1 N–H and O–H groups in total. The first-order chi connectivity index (χ1) is 7.54. The third-order valence-corrected chi connectivity index (χ3v) is 2.37. The number of hydrogen-bond donors (Lipinski definition) is 1. The molecule has 0 atom stereocenters. The Hall–Kier alpha value is -0.870. The fourth-order valence-electron chi connectivity index (χ4n) is 1.09. The third-order valence-electron chi connectivity index (χ3n) is 1.81. The highest BCUT2D eigenvalue weighted by molar-refractivity contribution is 6.33. The van der Waals surface area contributed by atoms with Crippen molar-refractivity contribution in [3.63, 3.8) is 0 Å². The van der Waals surface area contributed by atoms with E-state index in [1.54, 1.807) is 0 Å². The molecule has 0 saturated carbocycles. The van der Waals surface area contributed by atoms with E-state index in [0.717, 1.165) is 6.07 Å². The van der Waals surface area contributed by atoms with Crippen molar-refractivity contribution in [2.45, 2.75) is 12.8 Å². The van der Waals surface area contributed by atoms with Crippen molar-refractivity contribution in [1.29, 1.82) is 0 Å². The number of alkyl halides is 1. The van der Waals surface area contributed by atoms with Gasteiger partial charge in [0.25, 0.3) is 0 Å². The second-order valence-corrected chi connectivity index (χ2v) is 3.87. The lowest BCUT2D eigenvalue weighted by atomic mass is 10.2. The van der Waals surface area contributed by atoms with Gasteiger partial charge in [0.2, 0.25) is 5.91 Å². The van der Waals surface area contributed by atoms with E-state index in [9.17, 15) is 13.6 Å². The van der Waals surface area contributed by atoms with E-state index in [1.807, 2.05) is 0 Å². The molecule has 1 aromatic carbocycles. The average molecular weight is 268 g/mol. The van der Waals surface area contributed by atoms with E-state index >= 15 is 0 Å². The Morgan fingerprint density at radius 3 is 2.62 bits per heavy atom. The van der Waals surface area contributed by atoms with Crippen molar-refractivity contribution < 1.29 is 13.6 Å². The summed E-state index contributed by atoms with van der Waals surface area (Å²) in [5, 5.41) is 2.10. The van der Waals surface area contributed by atoms with Gasteiger partial charge in [0.05, 0.1) is 10.7 Å². The molecule has 1 aromatic rings. The zero-order valence-corrected chi connectivity index (χ0v) is 9.71. The number of amides is 1. The van der Waals surface area contributed by atoms with E-state index < -0.39 is 17.5 Å². The highest BCUT2D eigenvalue weighted by Gasteiger charge is 2.12. The van der Waals surface area contributed by atoms with Gasteiger partial charge < -0.3 is 5.32 Å². The van der Waals surface area contributed by atoms with Crippen molar-refractivity contribution in [2.75, 3.05) is 11.2 Å². The molecule has 0 aromatic heterocycles. The van der Waals surface area contributed by atoms with Crippen LogP contribution < -0.4 is 5.32 Å². The van der Waals surface area contributed by atoms with Gasteiger partial charge in [-0.25, -0.2) is 8.78 Å². The first-order valence-electron chi connectivity index (χ1n) is 4.55. The molecule has 16 heavy (non-hydrogen) atoms. The van der Waals surface area contributed by atoms with E-state index in [4.69, 9.17) is 23.2 Å². The minimum atomic E-state index is -0.899. The summed E-state index contributed by atoms with van der Waals surface area (Å²) < 4.78 is 25.9. The fourth-order valence-corrected chi connectivity index (χ4v) is 1.47. The summed E-state index contributed by atoms with van der Waals surface area (Å²) in [6.45, 7) is 0. The van der Waals surface area contributed by atoms with Gasteiger partial charge in [-0.15, -0.1) is 11.6 Å². The van der Waals surface area contributed by atoms with Crippen LogP contribution >= 0.6 is 23.2 Å². The molecule has 2 nitrogen and oxygen atoms in total. The normalized spacial score (nSPS) is 10.2. The molecule has 0 fully saturated rings. The SMILES string of the molecule is O=C(CCCCl)Nc1c(F)cc(F)cc1Cl. The van der Waals surface area contributed by atoms with E-state index in [1.165, 1.54) is 0 Å². The average Bonchev–Trinajstić information content (AvgIpc) is 2.20. The number of rotatable bonds is 4. The standard InChI is InChI=1S/C10H9Cl2F2NO/c11-3-1-2-9(16)15-10-7(12)4-6(13)5-8(10)14/h4-5H,1-3H2,(H,15,16). The maximum Gasteiger partial charge on any atom is 0.224 e. The lowest BCUT2D eigenvalue weighted by Crippen LogP contribution is -2.13. The molecule has 0 aliphatic carbocycles. The highest BCUT2D eigenvalue weighted by Crippen LogP contribution is 2.26. The zero-order valence-electron chi connectivity index (χ0n) is 8.20. The van der Waals surface area contributed by atoms with Crippen molar-refractivity contribution in [2.24, 2.45) is 0 Å². The summed E-state index contributed by atoms with van der Waals surface area (Å²) in [5.74, 6) is -1.76. The fraction of sp³-hybridized carbons (Fsp3) is 0.300. The number of hydrogen-bond acceptors (Lipinski definition) is 1. The monoisotopic (exact) mass is 267 g/mol. The minimum Gasteiger partial charge on any atom is -0.322 e. The Bertz CT molecular complexity index is 375. The van der Waals surface area contributed by atoms with Crippen molar-refractivity contribution in [3.05, 3.63) is 28.8 Å². The van der Waals surface area contributed by atoms with Crippen LogP contribution in [-0.4, -0.2) is 11.8 Å². The van der Waals surface area contributed by atoms with Gasteiger partial charge in [-0.3, -0.25) is 4.79 Å². The Morgan fingerprint density at radius 2 is 2.06 bits per heavy atom. The van der Waals surface area contributed by atoms with Gasteiger partial charge in [-0.2, -0.15) is 0 Å². The highest BCUT2D eigenvalue weighted by atomic mass is 35.5. The third kappa shape index (κ3) is 3.61. The zero-order chi connectivity index (χ0) is 12.1. The molecule has 0 unspecified atom stereocenters. The summed E-state index contributed by atoms with van der Waals surface area (Å²) in [5.41, 5.74) is -0.206. The molecule has 1 amide bonds. The Balaban J connectivity index is 2.77. The van der Waals surface area contributed by atoms with E-state index in [0.29, 0.717) is 18.4 Å². The predicted molar refractivity (Wildman–Crippen MR) is 60.0 cm³/mol. The van der Waals surface area contributed by atoms with Crippen LogP contribution in [-0.2, 0) is 4.79 Å². The first kappa shape index (κ1) is 13.2. The molecule has 1 rings (SSSR count). The molecule has 0 radical (unpaired) electrons. The summed E-state index contributed by atoms with van der Waals surface area (Å²) in [6, 6.07) is 1.59. The van der Waals surface area contributed by atoms with Crippen LogP contribution in [0, 0.1) is 11.6 Å². The maximum atomic E-state index is 13.2. The molecule has 0 saturated heterocycles. The summed E-state index contributed by atoms with van der Waals surface area (Å²) in [4.78, 5) is 11.3. The predicted octanol–water partition coefficient (Wildman–Crippen LogP) is 3.58. The van der Waals surface area contributed by atoms with Crippen molar-refractivity contribution >= 4 is 34.8 Å². The van der Waals surface area contributed by atoms with Crippen LogP contribution in [0.25, 0.3) is 0 Å². The Morgan fingerprint density at radius 1 is 1.38 bits per heavy atom. The summed E-state index contributed by atoms with van der Waals surface area (Å²) >= 11 is 11.0. The van der Waals surface area contributed by atoms with Crippen molar-refractivity contribution in [3.8, 4) is 0 Å². The molecular weight excluding hydrogens is 259 g/mol. The second kappa shape index (κ2) is 6.01. The first-order valence-corrected chi connectivity index (χ1v) is 5.46. The molecule has 0 aliphatic heterocycles. The van der Waals surface area contributed by atoms with Gasteiger partial charge in [0.1, 0.15) is 5.82 Å². The number of halogens is 4. The van der Waals surface area contributed by atoms with Gasteiger partial charge in [0, 0.05) is 18.4 Å². The lowest BCUT2D eigenvalue weighted by molar-refractivity contribution is -0.116.